The molecule has 2 aromatic heterocycles. The van der Waals surface area contributed by atoms with Crippen LogP contribution in [0.2, 0.25) is 5.02 Å². The summed E-state index contributed by atoms with van der Waals surface area (Å²) in [6, 6.07) is 8.86. The fourth-order valence-corrected chi connectivity index (χ4v) is 6.64. The summed E-state index contributed by atoms with van der Waals surface area (Å²) in [4.78, 5) is 35.5. The van der Waals surface area contributed by atoms with Gasteiger partial charge in [-0.1, -0.05) is 36.7 Å². The number of fused-ring (bicyclic) bond motifs is 2. The molecule has 3 aromatic rings. The van der Waals surface area contributed by atoms with Gasteiger partial charge in [0.15, 0.2) is 0 Å². The number of rotatable bonds is 9. The molecule has 43 heavy (non-hydrogen) atoms. The molecule has 0 bridgehead atoms. The van der Waals surface area contributed by atoms with Crippen molar-refractivity contribution in [1.29, 1.82) is 5.26 Å². The number of nitrogens with zero attached hydrogens (tertiary/aromatic N) is 8. The Balaban J connectivity index is 1.30. The standard InChI is InChI=1S/C32H37ClN8O2/c1-3-29(42)41-15-14-40(20-24(41)10-12-34)31-25-11-13-39(28-19-35-18-22-6-4-9-26(33)30(22)28)21-27(25)36-32(37-31)43-17-16-38(2)23-7-5-8-23/h3-4,6,9,18-19,23-24H,1,5,7-8,10-11,13-17,20-21H2,2H3/t24-/m0/s1. The maximum Gasteiger partial charge on any atom is 0.318 e. The fourth-order valence-electron chi connectivity index (χ4n) is 6.36. The first-order chi connectivity index (χ1) is 21.0. The van der Waals surface area contributed by atoms with Crippen molar-refractivity contribution < 1.29 is 9.53 Å². The first kappa shape index (κ1) is 29.1. The number of benzene rings is 1. The molecule has 3 aliphatic rings. The minimum Gasteiger partial charge on any atom is -0.462 e. The molecule has 2 fully saturated rings. The second kappa shape index (κ2) is 12.7. The van der Waals surface area contributed by atoms with E-state index in [1.807, 2.05) is 30.6 Å². The normalized spacial score (nSPS) is 18.7. The van der Waals surface area contributed by atoms with E-state index >= 15 is 0 Å². The van der Waals surface area contributed by atoms with Crippen molar-refractivity contribution in [2.24, 2.45) is 0 Å². The number of ether oxygens (including phenoxy) is 1. The first-order valence-electron chi connectivity index (χ1n) is 15.0. The quantitative estimate of drug-likeness (QED) is 0.334. The summed E-state index contributed by atoms with van der Waals surface area (Å²) >= 11 is 6.67. The van der Waals surface area contributed by atoms with Crippen molar-refractivity contribution in [1.82, 2.24) is 24.8 Å². The van der Waals surface area contributed by atoms with Gasteiger partial charge in [0.1, 0.15) is 12.4 Å². The van der Waals surface area contributed by atoms with Crippen molar-refractivity contribution in [2.75, 3.05) is 56.2 Å². The van der Waals surface area contributed by atoms with Crippen molar-refractivity contribution in [2.45, 2.75) is 50.7 Å². The summed E-state index contributed by atoms with van der Waals surface area (Å²) in [5, 5.41) is 12.2. The molecule has 11 heteroatoms. The van der Waals surface area contributed by atoms with E-state index in [9.17, 15) is 10.1 Å². The van der Waals surface area contributed by atoms with Crippen molar-refractivity contribution in [3.05, 3.63) is 59.5 Å². The lowest BCUT2D eigenvalue weighted by atomic mass is 9.92. The van der Waals surface area contributed by atoms with Crippen LogP contribution in [0, 0.1) is 11.3 Å². The number of amides is 1. The topological polar surface area (TPSA) is 102 Å². The Morgan fingerprint density at radius 1 is 1.23 bits per heavy atom. The minimum atomic E-state index is -0.251. The SMILES string of the molecule is C=CC(=O)N1CCN(c2nc(OCCN(C)C3CCC3)nc3c2CCN(c2cncc4cccc(Cl)c24)C3)C[C@@H]1CC#N. The monoisotopic (exact) mass is 600 g/mol. The summed E-state index contributed by atoms with van der Waals surface area (Å²) < 4.78 is 6.20. The van der Waals surface area contributed by atoms with Crippen LogP contribution in [-0.4, -0.2) is 89.1 Å². The predicted octanol–water partition coefficient (Wildman–Crippen LogP) is 4.22. The zero-order chi connectivity index (χ0) is 29.9. The van der Waals surface area contributed by atoms with E-state index < -0.39 is 0 Å². The summed E-state index contributed by atoms with van der Waals surface area (Å²) in [6.07, 6.45) is 9.77. The van der Waals surface area contributed by atoms with Gasteiger partial charge in [-0.2, -0.15) is 15.2 Å². The average Bonchev–Trinajstić information content (AvgIpc) is 2.99. The second-order valence-corrected chi connectivity index (χ2v) is 11.9. The number of hydrogen-bond donors (Lipinski definition) is 0. The lowest BCUT2D eigenvalue weighted by Gasteiger charge is -2.42. The van der Waals surface area contributed by atoms with Gasteiger partial charge in [0.05, 0.1) is 47.7 Å². The van der Waals surface area contributed by atoms with Crippen molar-refractivity contribution >= 4 is 39.8 Å². The van der Waals surface area contributed by atoms with Crippen LogP contribution in [0.1, 0.15) is 36.9 Å². The van der Waals surface area contributed by atoms with E-state index in [4.69, 9.17) is 26.3 Å². The zero-order valence-electron chi connectivity index (χ0n) is 24.6. The van der Waals surface area contributed by atoms with Gasteiger partial charge in [-0.15, -0.1) is 0 Å². The highest BCUT2D eigenvalue weighted by molar-refractivity contribution is 6.36. The smallest absolute Gasteiger partial charge is 0.318 e. The molecule has 0 radical (unpaired) electrons. The first-order valence-corrected chi connectivity index (χ1v) is 15.4. The van der Waals surface area contributed by atoms with Crippen LogP contribution in [0.15, 0.2) is 43.2 Å². The van der Waals surface area contributed by atoms with Crippen LogP contribution in [0.4, 0.5) is 11.5 Å². The van der Waals surface area contributed by atoms with Gasteiger partial charge < -0.3 is 24.3 Å². The number of halogens is 1. The molecule has 1 aromatic carbocycles. The van der Waals surface area contributed by atoms with Gasteiger partial charge in [0, 0.05) is 61.3 Å². The van der Waals surface area contributed by atoms with Crippen LogP contribution in [-0.2, 0) is 17.8 Å². The molecule has 4 heterocycles. The van der Waals surface area contributed by atoms with E-state index in [0.717, 1.165) is 53.0 Å². The number of hydrogen-bond acceptors (Lipinski definition) is 9. The highest BCUT2D eigenvalue weighted by atomic mass is 35.5. The molecule has 224 valence electrons. The molecule has 2 aliphatic heterocycles. The Kier molecular flexibility index (Phi) is 8.63. The maximum absolute atomic E-state index is 12.5. The fraction of sp³-hybridized carbons (Fsp3) is 0.469. The van der Waals surface area contributed by atoms with E-state index in [1.165, 1.54) is 25.3 Å². The molecule has 0 spiro atoms. The third kappa shape index (κ3) is 5.97. The molecular formula is C32H37ClN8O2. The number of carbonyl (C=O) groups excluding carboxylic acids is 1. The number of anilines is 2. The lowest BCUT2D eigenvalue weighted by Crippen LogP contribution is -2.55. The van der Waals surface area contributed by atoms with Gasteiger partial charge in [0.2, 0.25) is 5.91 Å². The van der Waals surface area contributed by atoms with Gasteiger partial charge in [-0.25, -0.2) is 0 Å². The summed E-state index contributed by atoms with van der Waals surface area (Å²) in [6.45, 7) is 7.86. The number of likely N-dealkylation sites (N-methyl/N-ethyl adjacent to an activating group) is 1. The van der Waals surface area contributed by atoms with Gasteiger partial charge in [-0.05, 0) is 38.5 Å². The molecular weight excluding hydrogens is 564 g/mol. The van der Waals surface area contributed by atoms with E-state index in [0.29, 0.717) is 49.9 Å². The molecule has 1 saturated heterocycles. The highest BCUT2D eigenvalue weighted by Crippen LogP contribution is 2.37. The van der Waals surface area contributed by atoms with Gasteiger partial charge in [0.25, 0.3) is 0 Å². The largest absolute Gasteiger partial charge is 0.462 e. The maximum atomic E-state index is 12.5. The van der Waals surface area contributed by atoms with E-state index in [1.54, 1.807) is 4.90 Å². The molecule has 1 saturated carbocycles. The van der Waals surface area contributed by atoms with E-state index in [2.05, 4.69) is 39.4 Å². The molecule has 10 nitrogen and oxygen atoms in total. The van der Waals surface area contributed by atoms with Crippen LogP contribution < -0.4 is 14.5 Å². The van der Waals surface area contributed by atoms with Crippen LogP contribution in [0.25, 0.3) is 10.8 Å². The number of nitriles is 1. The van der Waals surface area contributed by atoms with E-state index in [-0.39, 0.29) is 18.4 Å². The third-order valence-electron chi connectivity index (χ3n) is 9.02. The van der Waals surface area contributed by atoms with Crippen LogP contribution in [0.5, 0.6) is 6.01 Å². The Morgan fingerprint density at radius 3 is 2.86 bits per heavy atom. The van der Waals surface area contributed by atoms with Crippen molar-refractivity contribution in [3.8, 4) is 12.1 Å². The third-order valence-corrected chi connectivity index (χ3v) is 9.33. The van der Waals surface area contributed by atoms with Crippen LogP contribution >= 0.6 is 11.6 Å². The zero-order valence-corrected chi connectivity index (χ0v) is 25.3. The molecule has 6 rings (SSSR count). The summed E-state index contributed by atoms with van der Waals surface area (Å²) in [5.41, 5.74) is 2.96. The molecule has 1 aliphatic carbocycles. The van der Waals surface area contributed by atoms with Gasteiger partial charge in [-0.3, -0.25) is 9.78 Å². The number of pyridine rings is 1. The second-order valence-electron chi connectivity index (χ2n) is 11.5. The molecule has 0 N–H and O–H groups in total. The Hall–Kier alpha value is -3.94. The Morgan fingerprint density at radius 2 is 2.09 bits per heavy atom. The molecule has 1 amide bonds. The Labute approximate surface area is 257 Å². The average molecular weight is 601 g/mol. The summed E-state index contributed by atoms with van der Waals surface area (Å²) in [5.74, 6) is 0.678. The minimum absolute atomic E-state index is 0.151. The number of aromatic nitrogens is 3. The van der Waals surface area contributed by atoms with Crippen LogP contribution in [0.3, 0.4) is 0 Å². The lowest BCUT2D eigenvalue weighted by molar-refractivity contribution is -0.128. The van der Waals surface area contributed by atoms with Crippen molar-refractivity contribution in [3.63, 3.8) is 0 Å². The number of piperazine rings is 1. The number of carbonyl (C=O) groups is 1. The molecule has 1 atom stereocenters. The summed E-state index contributed by atoms with van der Waals surface area (Å²) in [7, 11) is 2.15. The highest BCUT2D eigenvalue weighted by Gasteiger charge is 2.33. The molecule has 0 unspecified atom stereocenters. The Bertz CT molecular complexity index is 1550. The predicted molar refractivity (Wildman–Crippen MR) is 167 cm³/mol. The van der Waals surface area contributed by atoms with Gasteiger partial charge >= 0.3 is 6.01 Å².